The van der Waals surface area contributed by atoms with Crippen molar-refractivity contribution in [1.29, 1.82) is 0 Å². The van der Waals surface area contributed by atoms with E-state index in [-0.39, 0.29) is 31.5 Å². The molecular formula is C16H13F6N5O3. The SMILES string of the molecule is O=C(C[C@H](Cc1cc(F)c(F)cc1F)[N+](=O)[O-])N1CCn2c(nnc2C(F)(F)F)C1. The number of carbonyl (C=O) groups is 1. The van der Waals surface area contributed by atoms with E-state index in [4.69, 9.17) is 0 Å². The highest BCUT2D eigenvalue weighted by Gasteiger charge is 2.40. The second-order valence-corrected chi connectivity index (χ2v) is 6.61. The number of alkyl halides is 3. The van der Waals surface area contributed by atoms with Crippen molar-refractivity contribution in [3.63, 3.8) is 0 Å². The van der Waals surface area contributed by atoms with E-state index in [2.05, 4.69) is 10.2 Å². The van der Waals surface area contributed by atoms with Gasteiger partial charge in [0.2, 0.25) is 17.8 Å². The fourth-order valence-corrected chi connectivity index (χ4v) is 3.11. The van der Waals surface area contributed by atoms with Crippen LogP contribution in [0, 0.1) is 27.6 Å². The van der Waals surface area contributed by atoms with Gasteiger partial charge in [-0.15, -0.1) is 10.2 Å². The minimum absolute atomic E-state index is 0.133. The van der Waals surface area contributed by atoms with Gasteiger partial charge in [0.05, 0.1) is 13.0 Å². The number of nitrogens with zero attached hydrogens (tertiary/aromatic N) is 5. The van der Waals surface area contributed by atoms with Crippen LogP contribution in [0.3, 0.4) is 0 Å². The Kier molecular flexibility index (Phi) is 5.67. The van der Waals surface area contributed by atoms with Crippen LogP contribution in [-0.2, 0) is 30.5 Å². The van der Waals surface area contributed by atoms with Crippen molar-refractivity contribution in [2.75, 3.05) is 6.54 Å². The molecule has 0 unspecified atom stereocenters. The smallest absolute Gasteiger partial charge is 0.333 e. The molecule has 1 aromatic heterocycles. The van der Waals surface area contributed by atoms with Crippen LogP contribution in [0.1, 0.15) is 23.6 Å². The van der Waals surface area contributed by atoms with Crippen LogP contribution in [0.4, 0.5) is 26.3 Å². The first-order valence-corrected chi connectivity index (χ1v) is 8.51. The topological polar surface area (TPSA) is 94.2 Å². The largest absolute Gasteiger partial charge is 0.451 e. The molecule has 0 saturated carbocycles. The second-order valence-electron chi connectivity index (χ2n) is 6.61. The maximum atomic E-state index is 13.8. The second kappa shape index (κ2) is 7.91. The predicted molar refractivity (Wildman–Crippen MR) is 85.9 cm³/mol. The summed E-state index contributed by atoms with van der Waals surface area (Å²) in [6.07, 6.45) is -6.11. The van der Waals surface area contributed by atoms with E-state index in [1.54, 1.807) is 0 Å². The number of rotatable bonds is 5. The number of hydrogen-bond donors (Lipinski definition) is 0. The third-order valence-corrected chi connectivity index (χ3v) is 4.61. The fourth-order valence-electron chi connectivity index (χ4n) is 3.11. The van der Waals surface area contributed by atoms with E-state index in [0.717, 1.165) is 9.47 Å². The number of halogens is 6. The lowest BCUT2D eigenvalue weighted by molar-refractivity contribution is -0.521. The summed E-state index contributed by atoms with van der Waals surface area (Å²) in [5.41, 5.74) is -0.475. The van der Waals surface area contributed by atoms with Crippen molar-refractivity contribution in [3.8, 4) is 0 Å². The molecule has 0 aliphatic carbocycles. The molecule has 0 saturated heterocycles. The fraction of sp³-hybridized carbons (Fsp3) is 0.438. The summed E-state index contributed by atoms with van der Waals surface area (Å²) in [6, 6.07) is -0.922. The van der Waals surface area contributed by atoms with Gasteiger partial charge in [-0.3, -0.25) is 14.9 Å². The first-order valence-electron chi connectivity index (χ1n) is 8.51. The summed E-state index contributed by atoms with van der Waals surface area (Å²) in [6.45, 7) is -0.771. The van der Waals surface area contributed by atoms with Gasteiger partial charge in [0, 0.05) is 30.5 Å². The Morgan fingerprint density at radius 2 is 1.80 bits per heavy atom. The molecule has 2 aromatic rings. The average molecular weight is 437 g/mol. The number of carbonyl (C=O) groups excluding carboxylic acids is 1. The maximum Gasteiger partial charge on any atom is 0.451 e. The van der Waals surface area contributed by atoms with Crippen LogP contribution in [-0.4, -0.2) is 43.1 Å². The van der Waals surface area contributed by atoms with Gasteiger partial charge in [0.15, 0.2) is 17.5 Å². The molecule has 1 amide bonds. The van der Waals surface area contributed by atoms with Gasteiger partial charge in [-0.05, 0) is 11.6 Å². The molecule has 14 heteroatoms. The zero-order chi connectivity index (χ0) is 22.2. The van der Waals surface area contributed by atoms with Gasteiger partial charge >= 0.3 is 6.18 Å². The van der Waals surface area contributed by atoms with Crippen LogP contribution in [0.2, 0.25) is 0 Å². The van der Waals surface area contributed by atoms with Crippen LogP contribution in [0.5, 0.6) is 0 Å². The molecule has 0 bridgehead atoms. The molecule has 0 N–H and O–H groups in total. The first-order chi connectivity index (χ1) is 14.0. The molecule has 0 spiro atoms. The van der Waals surface area contributed by atoms with Crippen molar-refractivity contribution in [3.05, 3.63) is 56.9 Å². The monoisotopic (exact) mass is 437 g/mol. The van der Waals surface area contributed by atoms with Gasteiger partial charge in [-0.25, -0.2) is 13.2 Å². The van der Waals surface area contributed by atoms with Crippen LogP contribution < -0.4 is 0 Å². The van der Waals surface area contributed by atoms with E-state index in [9.17, 15) is 41.3 Å². The van der Waals surface area contributed by atoms with Crippen molar-refractivity contribution < 1.29 is 36.1 Å². The van der Waals surface area contributed by atoms with Gasteiger partial charge in [0.25, 0.3) is 0 Å². The van der Waals surface area contributed by atoms with E-state index >= 15 is 0 Å². The molecule has 1 aliphatic rings. The number of benzene rings is 1. The van der Waals surface area contributed by atoms with E-state index in [0.29, 0.717) is 6.07 Å². The number of hydrogen-bond acceptors (Lipinski definition) is 5. The number of fused-ring (bicyclic) bond motifs is 1. The number of aromatic nitrogens is 3. The highest BCUT2D eigenvalue weighted by molar-refractivity contribution is 5.76. The standard InChI is InChI=1S/C16H13F6N5O3/c17-10-6-12(19)11(18)4-8(10)3-9(27(29)30)5-14(28)25-1-2-26-13(7-25)23-24-15(26)16(20,21)22/h4,6,9H,1-3,5,7H2/t9-/m0/s1. The third-order valence-electron chi connectivity index (χ3n) is 4.61. The summed E-state index contributed by atoms with van der Waals surface area (Å²) < 4.78 is 79.5. The summed E-state index contributed by atoms with van der Waals surface area (Å²) in [5, 5.41) is 17.8. The van der Waals surface area contributed by atoms with Crippen LogP contribution in [0.15, 0.2) is 12.1 Å². The van der Waals surface area contributed by atoms with Crippen LogP contribution >= 0.6 is 0 Å². The lowest BCUT2D eigenvalue weighted by Crippen LogP contribution is -2.41. The maximum absolute atomic E-state index is 13.8. The van der Waals surface area contributed by atoms with Crippen molar-refractivity contribution in [2.24, 2.45) is 0 Å². The van der Waals surface area contributed by atoms with E-state index in [1.807, 2.05) is 0 Å². The molecule has 1 aromatic carbocycles. The molecule has 3 rings (SSSR count). The van der Waals surface area contributed by atoms with Gasteiger partial charge in [-0.1, -0.05) is 0 Å². The normalized spacial score (nSPS) is 15.1. The minimum Gasteiger partial charge on any atom is -0.333 e. The predicted octanol–water partition coefficient (Wildman–Crippen LogP) is 2.33. The van der Waals surface area contributed by atoms with Gasteiger partial charge < -0.3 is 9.47 Å². The molecular weight excluding hydrogens is 424 g/mol. The van der Waals surface area contributed by atoms with E-state index in [1.165, 1.54) is 0 Å². The molecule has 0 fully saturated rings. The van der Waals surface area contributed by atoms with Crippen molar-refractivity contribution in [1.82, 2.24) is 19.7 Å². The molecule has 30 heavy (non-hydrogen) atoms. The Balaban J connectivity index is 1.71. The molecule has 162 valence electrons. The van der Waals surface area contributed by atoms with E-state index < -0.39 is 64.7 Å². The first kappa shape index (κ1) is 21.5. The lowest BCUT2D eigenvalue weighted by Gasteiger charge is -2.28. The van der Waals surface area contributed by atoms with Gasteiger partial charge in [-0.2, -0.15) is 13.2 Å². The van der Waals surface area contributed by atoms with Crippen LogP contribution in [0.25, 0.3) is 0 Å². The number of amides is 1. The Bertz CT molecular complexity index is 992. The molecule has 0 radical (unpaired) electrons. The Labute approximate surface area is 164 Å². The summed E-state index contributed by atoms with van der Waals surface area (Å²) >= 11 is 0. The summed E-state index contributed by atoms with van der Waals surface area (Å²) in [4.78, 5) is 23.9. The quantitative estimate of drug-likeness (QED) is 0.310. The lowest BCUT2D eigenvalue weighted by atomic mass is 10.0. The Hall–Kier alpha value is -3.19. The molecule has 1 atom stereocenters. The summed E-state index contributed by atoms with van der Waals surface area (Å²) in [7, 11) is 0. The number of nitro groups is 1. The summed E-state index contributed by atoms with van der Waals surface area (Å²) in [5.74, 6) is -6.16. The molecule has 2 heterocycles. The molecule has 1 aliphatic heterocycles. The average Bonchev–Trinajstić information content (AvgIpc) is 3.08. The van der Waals surface area contributed by atoms with Crippen molar-refractivity contribution >= 4 is 5.91 Å². The highest BCUT2D eigenvalue weighted by atomic mass is 19.4. The third kappa shape index (κ3) is 4.36. The zero-order valence-corrected chi connectivity index (χ0v) is 15.0. The van der Waals surface area contributed by atoms with Gasteiger partial charge in [0.1, 0.15) is 5.82 Å². The van der Waals surface area contributed by atoms with Crippen molar-refractivity contribution in [2.45, 2.75) is 38.1 Å². The Morgan fingerprint density at radius 3 is 2.43 bits per heavy atom. The highest BCUT2D eigenvalue weighted by Crippen LogP contribution is 2.29. The Morgan fingerprint density at radius 1 is 1.13 bits per heavy atom. The minimum atomic E-state index is -4.72. The molecule has 8 nitrogen and oxygen atoms in total. The zero-order valence-electron chi connectivity index (χ0n) is 15.0.